The second kappa shape index (κ2) is 16.2. The van der Waals surface area contributed by atoms with Crippen LogP contribution < -0.4 is 0 Å². The number of Topliss-reactive ketones (excluding diaryl/α,β-unsaturated/α-hetero) is 1. The Hall–Kier alpha value is -2.50. The third kappa shape index (κ3) is 7.09. The molecule has 2 saturated heterocycles. The Morgan fingerprint density at radius 3 is 2.23 bits per heavy atom. The zero-order valence-electron chi connectivity index (χ0n) is 35.1. The molecule has 6 fully saturated rings. The van der Waals surface area contributed by atoms with Crippen molar-refractivity contribution in [2.75, 3.05) is 14.2 Å². The third-order valence-electron chi connectivity index (χ3n) is 15.1. The van der Waals surface area contributed by atoms with Gasteiger partial charge < -0.3 is 53.2 Å². The Morgan fingerprint density at radius 1 is 0.930 bits per heavy atom. The highest BCUT2D eigenvalue weighted by Crippen LogP contribution is 2.81. The summed E-state index contributed by atoms with van der Waals surface area (Å²) in [5.41, 5.74) is -2.39. The average molecular weight is 809 g/mol. The van der Waals surface area contributed by atoms with Crippen molar-refractivity contribution in [1.82, 2.24) is 0 Å². The summed E-state index contributed by atoms with van der Waals surface area (Å²) in [4.78, 5) is 53.3. The minimum absolute atomic E-state index is 0.0105. The molecule has 2 aliphatic heterocycles. The van der Waals surface area contributed by atoms with Gasteiger partial charge in [-0.2, -0.15) is 0 Å². The van der Waals surface area contributed by atoms with Gasteiger partial charge in [-0.05, 0) is 90.9 Å². The number of allylic oxidation sites excluding steroid dienone is 1. The largest absolute Gasteiger partial charge is 0.462 e. The number of rotatable bonds is 13. The van der Waals surface area contributed by atoms with Crippen molar-refractivity contribution in [1.29, 1.82) is 0 Å². The minimum atomic E-state index is -1.38. The Balaban J connectivity index is 1.21. The number of epoxide rings is 1. The van der Waals surface area contributed by atoms with E-state index in [9.17, 15) is 34.5 Å². The minimum Gasteiger partial charge on any atom is -0.462 e. The number of fused-ring (bicyclic) bond motifs is 2. The molecule has 6 aliphatic rings. The maximum absolute atomic E-state index is 13.6. The molecule has 15 nitrogen and oxygen atoms in total. The normalized spacial score (nSPS) is 45.2. The van der Waals surface area contributed by atoms with E-state index >= 15 is 0 Å². The van der Waals surface area contributed by atoms with Crippen LogP contribution in [0.4, 0.5) is 0 Å². The Labute approximate surface area is 335 Å². The summed E-state index contributed by atoms with van der Waals surface area (Å²) in [6.45, 7) is 13.6. The predicted octanol–water partition coefficient (Wildman–Crippen LogP) is 3.10. The van der Waals surface area contributed by atoms with Gasteiger partial charge in [0.2, 0.25) is 0 Å². The van der Waals surface area contributed by atoms with E-state index in [1.807, 2.05) is 6.92 Å². The second-order valence-corrected chi connectivity index (χ2v) is 18.0. The second-order valence-electron chi connectivity index (χ2n) is 18.0. The lowest BCUT2D eigenvalue weighted by Crippen LogP contribution is -2.70. The lowest BCUT2D eigenvalue weighted by molar-refractivity contribution is -0.320. The number of esters is 3. The Bertz CT molecular complexity index is 1580. The van der Waals surface area contributed by atoms with Crippen LogP contribution in [-0.2, 0) is 57.1 Å². The van der Waals surface area contributed by atoms with Crippen molar-refractivity contribution >= 4 is 23.7 Å². The molecule has 322 valence electrons. The number of hydrogen-bond donors (Lipinski definition) is 3. The molecule has 2 heterocycles. The molecule has 12 unspecified atom stereocenters. The molecule has 0 aromatic rings. The molecule has 18 atom stereocenters. The van der Waals surface area contributed by atoms with Gasteiger partial charge in [-0.25, -0.2) is 4.79 Å². The smallest absolute Gasteiger partial charge is 0.333 e. The topological polar surface area (TPSA) is 206 Å². The highest BCUT2D eigenvalue weighted by atomic mass is 16.7. The summed E-state index contributed by atoms with van der Waals surface area (Å²) in [5.74, 6) is -2.38. The van der Waals surface area contributed by atoms with Crippen molar-refractivity contribution in [2.45, 2.75) is 185 Å². The van der Waals surface area contributed by atoms with E-state index in [0.29, 0.717) is 44.1 Å². The van der Waals surface area contributed by atoms with Crippen LogP contribution in [0.5, 0.6) is 0 Å². The van der Waals surface area contributed by atoms with Gasteiger partial charge in [-0.15, -0.1) is 0 Å². The molecule has 4 saturated carbocycles. The highest BCUT2D eigenvalue weighted by Gasteiger charge is 2.91. The summed E-state index contributed by atoms with van der Waals surface area (Å²) >= 11 is 0. The first kappa shape index (κ1) is 44.1. The lowest BCUT2D eigenvalue weighted by atomic mass is 9.43. The van der Waals surface area contributed by atoms with Crippen LogP contribution >= 0.6 is 0 Å². The lowest BCUT2D eigenvalue weighted by Gasteiger charge is -2.61. The van der Waals surface area contributed by atoms with Gasteiger partial charge >= 0.3 is 17.9 Å². The van der Waals surface area contributed by atoms with E-state index in [0.717, 1.165) is 6.42 Å². The van der Waals surface area contributed by atoms with Crippen molar-refractivity contribution in [3.05, 3.63) is 11.6 Å². The highest BCUT2D eigenvalue weighted by molar-refractivity contribution is 5.88. The van der Waals surface area contributed by atoms with Gasteiger partial charge in [0.05, 0.1) is 24.7 Å². The number of aliphatic hydroxyl groups excluding tert-OH is 3. The molecular formula is C42H64O15. The first-order chi connectivity index (χ1) is 26.8. The first-order valence-electron chi connectivity index (χ1n) is 20.6. The molecule has 0 aromatic carbocycles. The van der Waals surface area contributed by atoms with Crippen LogP contribution in [0.15, 0.2) is 11.6 Å². The summed E-state index contributed by atoms with van der Waals surface area (Å²) in [5, 5.41) is 31.9. The number of ether oxygens (including phenoxy) is 8. The number of aliphatic hydroxyl groups is 3. The quantitative estimate of drug-likeness (QED) is 0.106. The van der Waals surface area contributed by atoms with E-state index < -0.39 is 113 Å². The molecule has 0 radical (unpaired) electrons. The van der Waals surface area contributed by atoms with Crippen LogP contribution in [0, 0.1) is 28.6 Å². The van der Waals surface area contributed by atoms with Crippen LogP contribution in [0.1, 0.15) is 107 Å². The van der Waals surface area contributed by atoms with Crippen molar-refractivity contribution in [3.8, 4) is 0 Å². The van der Waals surface area contributed by atoms with Gasteiger partial charge in [0.25, 0.3) is 0 Å². The maximum atomic E-state index is 13.6. The summed E-state index contributed by atoms with van der Waals surface area (Å²) in [6.07, 6.45) is -5.27. The number of methoxy groups -OCH3 is 2. The fraction of sp³-hybridized carbons (Fsp3) is 0.857. The Kier molecular flexibility index (Phi) is 12.5. The van der Waals surface area contributed by atoms with E-state index in [4.69, 9.17) is 37.9 Å². The fourth-order valence-corrected chi connectivity index (χ4v) is 12.1. The fourth-order valence-electron chi connectivity index (χ4n) is 12.1. The standard InChI is InChI=1S/C42H64O15/c1-11-20(2)37(49)55-34-35-39(7)15-13-26(54-29(46)19-28(50-9)32(22(4)44)56-38-31(48)33(51-10)30(47)23(5)52-38)18-25(39)12-16-41(35)42(57-41)17-14-27(21(3)43)40(42,8)36(34)53-24(6)45/h11,22-23,25-28,30-36,38,44,47-48H,12-19H2,1-10H3/b20-11+/t22?,23?,25?,26-,27-,28?,30?,31?,32?,33?,34-,35?,36+,38?,39-,40-,41?,42?/m0/s1. The Morgan fingerprint density at radius 2 is 1.63 bits per heavy atom. The zero-order chi connectivity index (χ0) is 42.0. The SMILES string of the molecule is C/C=C(\C)C(=O)O[C@H]1C2C3(CCC4C[C@@H](OC(=O)CC(OC)C(OC5OC(C)C(O)C(OC)C5O)C(C)O)CC[C@@]42C)OC32CC[C@@H](C(C)=O)[C@@]2(C)[C@@H]1OC(C)=O. The van der Waals surface area contributed by atoms with Gasteiger partial charge in [-0.1, -0.05) is 19.9 Å². The molecular weight excluding hydrogens is 744 g/mol. The van der Waals surface area contributed by atoms with Gasteiger partial charge in [0, 0.05) is 44.0 Å². The first-order valence-corrected chi connectivity index (χ1v) is 20.6. The molecule has 0 aromatic heterocycles. The molecule has 2 spiro atoms. The van der Waals surface area contributed by atoms with Gasteiger partial charge in [-0.3, -0.25) is 14.4 Å². The summed E-state index contributed by atoms with van der Waals surface area (Å²) < 4.78 is 48.4. The molecule has 0 amide bonds. The van der Waals surface area contributed by atoms with E-state index in [2.05, 4.69) is 6.92 Å². The molecule has 57 heavy (non-hydrogen) atoms. The van der Waals surface area contributed by atoms with Crippen LogP contribution in [0.2, 0.25) is 0 Å². The van der Waals surface area contributed by atoms with Crippen molar-refractivity contribution < 1.29 is 72.4 Å². The van der Waals surface area contributed by atoms with Gasteiger partial charge in [0.1, 0.15) is 59.7 Å². The van der Waals surface area contributed by atoms with E-state index in [-0.39, 0.29) is 24.0 Å². The number of hydrogen-bond acceptors (Lipinski definition) is 15. The third-order valence-corrected chi connectivity index (χ3v) is 15.1. The van der Waals surface area contributed by atoms with Crippen molar-refractivity contribution in [3.63, 3.8) is 0 Å². The van der Waals surface area contributed by atoms with Crippen molar-refractivity contribution in [2.24, 2.45) is 28.6 Å². The van der Waals surface area contributed by atoms with E-state index in [1.165, 1.54) is 28.1 Å². The zero-order valence-corrected chi connectivity index (χ0v) is 35.1. The van der Waals surface area contributed by atoms with Crippen LogP contribution in [0.25, 0.3) is 0 Å². The number of ketones is 1. The summed E-state index contributed by atoms with van der Waals surface area (Å²) in [6, 6.07) is 0. The summed E-state index contributed by atoms with van der Waals surface area (Å²) in [7, 11) is 2.74. The molecule has 15 heteroatoms. The van der Waals surface area contributed by atoms with Crippen LogP contribution in [0.3, 0.4) is 0 Å². The average Bonchev–Trinajstić information content (AvgIpc) is 3.70. The molecule has 4 aliphatic carbocycles. The monoisotopic (exact) mass is 808 g/mol. The maximum Gasteiger partial charge on any atom is 0.333 e. The van der Waals surface area contributed by atoms with Gasteiger partial charge in [0.15, 0.2) is 6.29 Å². The van der Waals surface area contributed by atoms with Crippen LogP contribution in [-0.4, -0.2) is 132 Å². The van der Waals surface area contributed by atoms with E-state index in [1.54, 1.807) is 33.8 Å². The predicted molar refractivity (Wildman–Crippen MR) is 200 cm³/mol. The number of carbonyl (C=O) groups excluding carboxylic acids is 4. The molecule has 3 N–H and O–H groups in total. The number of carbonyl (C=O) groups is 4. The molecule has 6 rings (SSSR count). The molecule has 0 bridgehead atoms.